The molecule has 28 heavy (non-hydrogen) atoms. The largest absolute Gasteiger partial charge is 0.416 e. The molecular weight excluding hydrogens is 487 g/mol. The third kappa shape index (κ3) is 6.99. The molecule has 0 aromatic heterocycles. The molecule has 0 bridgehead atoms. The van der Waals surface area contributed by atoms with Crippen molar-refractivity contribution < 1.29 is 17.6 Å². The maximum Gasteiger partial charge on any atom is 0.416 e. The molecule has 9 heteroatoms. The lowest BCUT2D eigenvalue weighted by atomic mass is 10.1. The van der Waals surface area contributed by atoms with E-state index in [4.69, 9.17) is 5.26 Å². The number of alkyl halides is 3. The molecule has 2 aromatic rings. The van der Waals surface area contributed by atoms with Crippen LogP contribution in [0, 0.1) is 17.1 Å². The van der Waals surface area contributed by atoms with Crippen LogP contribution in [0.25, 0.3) is 0 Å². The number of rotatable bonds is 5. The normalized spacial score (nSPS) is 11.4. The minimum absolute atomic E-state index is 0. The zero-order valence-electron chi connectivity index (χ0n) is 15.0. The van der Waals surface area contributed by atoms with Crippen molar-refractivity contribution in [3.8, 4) is 6.07 Å². The fraction of sp³-hybridized carbons (Fsp3) is 0.263. The van der Waals surface area contributed by atoms with Crippen LogP contribution in [-0.4, -0.2) is 19.6 Å². The summed E-state index contributed by atoms with van der Waals surface area (Å²) in [5.41, 5.74) is 0.709. The van der Waals surface area contributed by atoms with Gasteiger partial charge in [-0.25, -0.2) is 4.39 Å². The van der Waals surface area contributed by atoms with Gasteiger partial charge in [-0.3, -0.25) is 4.99 Å². The van der Waals surface area contributed by atoms with E-state index >= 15 is 0 Å². The van der Waals surface area contributed by atoms with Crippen molar-refractivity contribution in [1.29, 1.82) is 5.26 Å². The first kappa shape index (κ1) is 23.7. The van der Waals surface area contributed by atoms with Gasteiger partial charge in [0.1, 0.15) is 5.82 Å². The smallest absolute Gasteiger partial charge is 0.356 e. The number of aliphatic imine (C=N–C) groups is 1. The van der Waals surface area contributed by atoms with Crippen molar-refractivity contribution in [2.45, 2.75) is 19.1 Å². The van der Waals surface area contributed by atoms with Crippen LogP contribution in [0.3, 0.4) is 0 Å². The van der Waals surface area contributed by atoms with E-state index in [1.807, 2.05) is 6.07 Å². The fourth-order valence-corrected chi connectivity index (χ4v) is 2.35. The molecule has 0 saturated carbocycles. The van der Waals surface area contributed by atoms with E-state index in [9.17, 15) is 17.6 Å². The number of nitriles is 1. The number of hydrogen-bond donors (Lipinski definition) is 2. The Hall–Kier alpha value is -2.35. The Morgan fingerprint density at radius 3 is 2.32 bits per heavy atom. The molecule has 0 amide bonds. The van der Waals surface area contributed by atoms with Crippen molar-refractivity contribution in [3.63, 3.8) is 0 Å². The van der Waals surface area contributed by atoms with E-state index in [1.165, 1.54) is 24.3 Å². The fourth-order valence-electron chi connectivity index (χ4n) is 2.35. The third-order valence-corrected chi connectivity index (χ3v) is 3.84. The molecule has 0 aliphatic heterocycles. The molecule has 0 fully saturated rings. The Balaban J connectivity index is 0.00000392. The molecule has 0 unspecified atom stereocenters. The number of nitrogens with zero attached hydrogens (tertiary/aromatic N) is 2. The molecule has 4 nitrogen and oxygen atoms in total. The van der Waals surface area contributed by atoms with Gasteiger partial charge in [-0.05, 0) is 36.2 Å². The van der Waals surface area contributed by atoms with Crippen molar-refractivity contribution in [1.82, 2.24) is 10.6 Å². The highest BCUT2D eigenvalue weighted by Gasteiger charge is 2.29. The monoisotopic (exact) mass is 506 g/mol. The summed E-state index contributed by atoms with van der Waals surface area (Å²) in [4.78, 5) is 4.01. The lowest BCUT2D eigenvalue weighted by Crippen LogP contribution is -2.38. The van der Waals surface area contributed by atoms with Gasteiger partial charge in [0.05, 0.1) is 17.2 Å². The van der Waals surface area contributed by atoms with Crippen LogP contribution in [0.4, 0.5) is 17.6 Å². The Kier molecular flexibility index (Phi) is 9.18. The van der Waals surface area contributed by atoms with Gasteiger partial charge in [0.25, 0.3) is 0 Å². The Bertz CT molecular complexity index is 842. The summed E-state index contributed by atoms with van der Waals surface area (Å²) < 4.78 is 51.5. The van der Waals surface area contributed by atoms with Crippen molar-refractivity contribution in [2.24, 2.45) is 4.99 Å². The molecule has 0 aliphatic rings. The maximum atomic E-state index is 13.8. The van der Waals surface area contributed by atoms with Gasteiger partial charge in [0, 0.05) is 25.7 Å². The summed E-state index contributed by atoms with van der Waals surface area (Å²) >= 11 is 0. The maximum absolute atomic E-state index is 13.8. The van der Waals surface area contributed by atoms with Gasteiger partial charge in [-0.2, -0.15) is 18.4 Å². The number of nitrogens with one attached hydrogen (secondary N) is 2. The average molecular weight is 506 g/mol. The van der Waals surface area contributed by atoms with E-state index in [1.54, 1.807) is 7.05 Å². The molecule has 2 N–H and O–H groups in total. The van der Waals surface area contributed by atoms with Gasteiger partial charge >= 0.3 is 6.18 Å². The van der Waals surface area contributed by atoms with E-state index in [-0.39, 0.29) is 36.1 Å². The molecular formula is C19H19F4IN4. The van der Waals surface area contributed by atoms with Crippen LogP contribution in [0.2, 0.25) is 0 Å². The Morgan fingerprint density at radius 2 is 1.79 bits per heavy atom. The number of benzene rings is 2. The van der Waals surface area contributed by atoms with Crippen molar-refractivity contribution in [2.75, 3.05) is 13.6 Å². The zero-order valence-corrected chi connectivity index (χ0v) is 17.3. The van der Waals surface area contributed by atoms with Crippen molar-refractivity contribution in [3.05, 3.63) is 70.5 Å². The highest BCUT2D eigenvalue weighted by molar-refractivity contribution is 14.0. The van der Waals surface area contributed by atoms with Gasteiger partial charge in [-0.1, -0.05) is 18.2 Å². The summed E-state index contributed by atoms with van der Waals surface area (Å²) in [5, 5.41) is 14.7. The van der Waals surface area contributed by atoms with Gasteiger partial charge in [0.15, 0.2) is 5.96 Å². The second-order valence-electron chi connectivity index (χ2n) is 5.72. The van der Waals surface area contributed by atoms with E-state index in [0.29, 0.717) is 24.5 Å². The van der Waals surface area contributed by atoms with Crippen LogP contribution in [0.5, 0.6) is 0 Å². The predicted octanol–water partition coefficient (Wildman–Crippen LogP) is 4.24. The molecule has 0 atom stereocenters. The molecule has 0 spiro atoms. The summed E-state index contributed by atoms with van der Waals surface area (Å²) in [6, 6.07) is 11.1. The number of guanidine groups is 1. The molecule has 0 aliphatic carbocycles. The highest BCUT2D eigenvalue weighted by Crippen LogP contribution is 2.29. The van der Waals surface area contributed by atoms with Gasteiger partial charge in [-0.15, -0.1) is 24.0 Å². The lowest BCUT2D eigenvalue weighted by molar-refractivity contribution is -0.137. The molecule has 2 aromatic carbocycles. The summed E-state index contributed by atoms with van der Waals surface area (Å²) in [5.74, 6) is -0.0487. The van der Waals surface area contributed by atoms with Crippen LogP contribution < -0.4 is 10.6 Å². The number of halogens is 5. The summed E-state index contributed by atoms with van der Waals surface area (Å²) in [6.07, 6.45) is -3.84. The van der Waals surface area contributed by atoms with Crippen molar-refractivity contribution >= 4 is 29.9 Å². The predicted molar refractivity (Wildman–Crippen MR) is 110 cm³/mol. The first-order chi connectivity index (χ1) is 12.8. The lowest BCUT2D eigenvalue weighted by Gasteiger charge is -2.13. The topological polar surface area (TPSA) is 60.2 Å². The summed E-state index contributed by atoms with van der Waals surface area (Å²) in [7, 11) is 1.56. The van der Waals surface area contributed by atoms with Gasteiger partial charge < -0.3 is 10.6 Å². The summed E-state index contributed by atoms with van der Waals surface area (Å²) in [6.45, 7) is 0.623. The highest BCUT2D eigenvalue weighted by atomic mass is 127. The average Bonchev–Trinajstić information content (AvgIpc) is 2.65. The van der Waals surface area contributed by atoms with Crippen LogP contribution >= 0.6 is 24.0 Å². The van der Waals surface area contributed by atoms with Gasteiger partial charge in [0.2, 0.25) is 0 Å². The first-order valence-electron chi connectivity index (χ1n) is 8.12. The van der Waals surface area contributed by atoms with E-state index in [2.05, 4.69) is 15.6 Å². The number of hydrogen-bond acceptors (Lipinski definition) is 2. The van der Waals surface area contributed by atoms with Crippen LogP contribution in [-0.2, 0) is 19.1 Å². The SMILES string of the molecule is CN=C(NCCc1ccc(C(F)(F)F)cc1)NCc1ccc(C#N)cc1F.I. The molecule has 0 radical (unpaired) electrons. The Morgan fingerprint density at radius 1 is 1.11 bits per heavy atom. The standard InChI is InChI=1S/C19H18F4N4.HI/c1-25-18(27-12-15-5-2-14(11-24)10-17(15)20)26-9-8-13-3-6-16(7-4-13)19(21,22)23;/h2-7,10H,8-9,12H2,1H3,(H2,25,26,27);1H. The quantitative estimate of drug-likeness (QED) is 0.276. The zero-order chi connectivity index (χ0) is 19.9. The molecule has 2 rings (SSSR count). The third-order valence-electron chi connectivity index (χ3n) is 3.84. The molecule has 0 heterocycles. The second-order valence-corrected chi connectivity index (χ2v) is 5.72. The van der Waals surface area contributed by atoms with E-state index in [0.717, 1.165) is 23.8 Å². The Labute approximate surface area is 177 Å². The molecule has 150 valence electrons. The minimum Gasteiger partial charge on any atom is -0.356 e. The van der Waals surface area contributed by atoms with Crippen LogP contribution in [0.15, 0.2) is 47.5 Å². The van der Waals surface area contributed by atoms with Crippen LogP contribution in [0.1, 0.15) is 22.3 Å². The second kappa shape index (κ2) is 10.8. The van der Waals surface area contributed by atoms with E-state index < -0.39 is 17.6 Å². The molecule has 0 saturated heterocycles. The first-order valence-corrected chi connectivity index (χ1v) is 8.12. The minimum atomic E-state index is -4.34.